The number of aryl methyl sites for hydroxylation is 1. The second-order valence-corrected chi connectivity index (χ2v) is 8.38. The average Bonchev–Trinajstić information content (AvgIpc) is 2.70. The molecule has 0 saturated carbocycles. The molecule has 0 aromatic heterocycles. The van der Waals surface area contributed by atoms with Crippen LogP contribution in [0.3, 0.4) is 0 Å². The number of hydrogen-bond donors (Lipinski definition) is 0. The van der Waals surface area contributed by atoms with E-state index in [9.17, 15) is 22.9 Å². The predicted molar refractivity (Wildman–Crippen MR) is 109 cm³/mol. The Bertz CT molecular complexity index is 1130. The summed E-state index contributed by atoms with van der Waals surface area (Å²) in [6.07, 6.45) is 0. The van der Waals surface area contributed by atoms with Gasteiger partial charge in [0.1, 0.15) is 5.82 Å². The highest BCUT2D eigenvalue weighted by Crippen LogP contribution is 2.34. The number of hydrogen-bond acceptors (Lipinski definition) is 4. The number of anilines is 1. The second kappa shape index (κ2) is 8.00. The fourth-order valence-electron chi connectivity index (χ4n) is 3.19. The number of nitro benzene ring substituents is 1. The standard InChI is InChI=1S/C21H19FN2O4S/c1-15-5-3-4-6-21(15)16(2)23(18-9-7-17(22)8-10-18)29(27,28)20-13-11-19(12-14-20)24(25)26/h3-14,16H,1-2H3. The molecule has 0 aliphatic rings. The fraction of sp³-hybridized carbons (Fsp3) is 0.143. The summed E-state index contributed by atoms with van der Waals surface area (Å²) >= 11 is 0. The highest BCUT2D eigenvalue weighted by Gasteiger charge is 2.31. The van der Waals surface area contributed by atoms with Gasteiger partial charge in [-0.15, -0.1) is 0 Å². The molecule has 0 aliphatic carbocycles. The lowest BCUT2D eigenvalue weighted by Gasteiger charge is -2.31. The van der Waals surface area contributed by atoms with E-state index in [0.29, 0.717) is 5.69 Å². The maximum atomic E-state index is 13.5. The number of halogens is 1. The van der Waals surface area contributed by atoms with Crippen LogP contribution in [0.5, 0.6) is 0 Å². The largest absolute Gasteiger partial charge is 0.269 e. The van der Waals surface area contributed by atoms with Crippen molar-refractivity contribution in [2.24, 2.45) is 0 Å². The van der Waals surface area contributed by atoms with Crippen molar-refractivity contribution in [1.29, 1.82) is 0 Å². The quantitative estimate of drug-likeness (QED) is 0.420. The molecule has 150 valence electrons. The van der Waals surface area contributed by atoms with Gasteiger partial charge in [0.25, 0.3) is 15.7 Å². The Hall–Kier alpha value is -3.26. The first-order valence-corrected chi connectivity index (χ1v) is 10.3. The molecule has 3 rings (SSSR count). The smallest absolute Gasteiger partial charge is 0.259 e. The summed E-state index contributed by atoms with van der Waals surface area (Å²) < 4.78 is 41.6. The van der Waals surface area contributed by atoms with Crippen LogP contribution in [-0.4, -0.2) is 13.3 Å². The Balaban J connectivity index is 2.15. The van der Waals surface area contributed by atoms with Gasteiger partial charge in [0, 0.05) is 12.1 Å². The molecular weight excluding hydrogens is 395 g/mol. The second-order valence-electron chi connectivity index (χ2n) is 6.56. The zero-order chi connectivity index (χ0) is 21.2. The molecule has 1 unspecified atom stereocenters. The molecule has 0 N–H and O–H groups in total. The van der Waals surface area contributed by atoms with Crippen LogP contribution in [-0.2, 0) is 10.0 Å². The summed E-state index contributed by atoms with van der Waals surface area (Å²) in [6, 6.07) is 16.7. The number of nitro groups is 1. The Morgan fingerprint density at radius 2 is 1.55 bits per heavy atom. The Morgan fingerprint density at radius 3 is 2.10 bits per heavy atom. The minimum atomic E-state index is -4.09. The number of rotatable bonds is 6. The topological polar surface area (TPSA) is 80.5 Å². The van der Waals surface area contributed by atoms with E-state index in [1.165, 1.54) is 40.7 Å². The third-order valence-corrected chi connectivity index (χ3v) is 6.59. The zero-order valence-corrected chi connectivity index (χ0v) is 16.6. The highest BCUT2D eigenvalue weighted by atomic mass is 32.2. The average molecular weight is 414 g/mol. The van der Waals surface area contributed by atoms with Crippen molar-refractivity contribution in [1.82, 2.24) is 0 Å². The molecule has 0 aliphatic heterocycles. The summed E-state index contributed by atoms with van der Waals surface area (Å²) in [5.74, 6) is -0.482. The first kappa shape index (κ1) is 20.5. The third kappa shape index (κ3) is 4.12. The molecule has 6 nitrogen and oxygen atoms in total. The summed E-state index contributed by atoms with van der Waals surface area (Å²) in [5.41, 5.74) is 1.79. The normalized spacial score (nSPS) is 12.4. The summed E-state index contributed by atoms with van der Waals surface area (Å²) in [7, 11) is -4.09. The first-order chi connectivity index (χ1) is 13.7. The van der Waals surface area contributed by atoms with E-state index in [4.69, 9.17) is 0 Å². The molecule has 0 spiro atoms. The van der Waals surface area contributed by atoms with Crippen LogP contribution < -0.4 is 4.31 Å². The van der Waals surface area contributed by atoms with Gasteiger partial charge in [0.15, 0.2) is 0 Å². The monoisotopic (exact) mass is 414 g/mol. The van der Waals surface area contributed by atoms with E-state index >= 15 is 0 Å². The van der Waals surface area contributed by atoms with Crippen LogP contribution in [0, 0.1) is 22.9 Å². The van der Waals surface area contributed by atoms with Crippen molar-refractivity contribution in [2.45, 2.75) is 24.8 Å². The van der Waals surface area contributed by atoms with Crippen LogP contribution in [0.25, 0.3) is 0 Å². The maximum Gasteiger partial charge on any atom is 0.269 e. The van der Waals surface area contributed by atoms with Gasteiger partial charge in [-0.1, -0.05) is 24.3 Å². The lowest BCUT2D eigenvalue weighted by Crippen LogP contribution is -2.34. The van der Waals surface area contributed by atoms with Crippen LogP contribution >= 0.6 is 0 Å². The summed E-state index contributed by atoms with van der Waals surface area (Å²) in [6.45, 7) is 3.63. The minimum Gasteiger partial charge on any atom is -0.259 e. The van der Waals surface area contributed by atoms with Crippen molar-refractivity contribution >= 4 is 21.4 Å². The van der Waals surface area contributed by atoms with Gasteiger partial charge in [-0.25, -0.2) is 12.8 Å². The van der Waals surface area contributed by atoms with E-state index in [1.54, 1.807) is 6.92 Å². The van der Waals surface area contributed by atoms with Gasteiger partial charge < -0.3 is 0 Å². The van der Waals surface area contributed by atoms with Crippen LogP contribution in [0.1, 0.15) is 24.1 Å². The van der Waals surface area contributed by atoms with Gasteiger partial charge in [0.05, 0.1) is 21.5 Å². The molecule has 0 saturated heterocycles. The van der Waals surface area contributed by atoms with E-state index in [-0.39, 0.29) is 10.6 Å². The third-order valence-electron chi connectivity index (χ3n) is 4.68. The number of benzene rings is 3. The van der Waals surface area contributed by atoms with Crippen molar-refractivity contribution in [3.05, 3.63) is 99.9 Å². The van der Waals surface area contributed by atoms with Gasteiger partial charge in [-0.3, -0.25) is 14.4 Å². The molecule has 8 heteroatoms. The van der Waals surface area contributed by atoms with Crippen LogP contribution in [0.2, 0.25) is 0 Å². The molecule has 0 radical (unpaired) electrons. The molecule has 0 amide bonds. The highest BCUT2D eigenvalue weighted by molar-refractivity contribution is 7.92. The number of nitrogens with zero attached hydrogens (tertiary/aromatic N) is 2. The van der Waals surface area contributed by atoms with Gasteiger partial charge in [-0.2, -0.15) is 0 Å². The summed E-state index contributed by atoms with van der Waals surface area (Å²) in [4.78, 5) is 10.2. The Kier molecular flexibility index (Phi) is 5.65. The van der Waals surface area contributed by atoms with Crippen molar-refractivity contribution in [2.75, 3.05) is 4.31 Å². The lowest BCUT2D eigenvalue weighted by molar-refractivity contribution is -0.384. The Labute approximate surface area is 168 Å². The fourth-order valence-corrected chi connectivity index (χ4v) is 4.83. The maximum absolute atomic E-state index is 13.5. The van der Waals surface area contributed by atoms with Gasteiger partial charge in [0.2, 0.25) is 0 Å². The minimum absolute atomic E-state index is 0.0899. The van der Waals surface area contributed by atoms with Crippen molar-refractivity contribution in [3.63, 3.8) is 0 Å². The molecule has 0 fully saturated rings. The molecule has 29 heavy (non-hydrogen) atoms. The molecule has 0 heterocycles. The zero-order valence-electron chi connectivity index (χ0n) is 15.8. The number of non-ortho nitro benzene ring substituents is 1. The molecule has 3 aromatic carbocycles. The van der Waals surface area contributed by atoms with E-state index in [2.05, 4.69) is 0 Å². The molecule has 3 aromatic rings. The molecule has 1 atom stereocenters. The van der Waals surface area contributed by atoms with Gasteiger partial charge in [-0.05, 0) is 61.4 Å². The Morgan fingerprint density at radius 1 is 0.966 bits per heavy atom. The van der Waals surface area contributed by atoms with Crippen LogP contribution in [0.4, 0.5) is 15.8 Å². The van der Waals surface area contributed by atoms with Gasteiger partial charge >= 0.3 is 0 Å². The predicted octanol–water partition coefficient (Wildman–Crippen LogP) is 5.00. The van der Waals surface area contributed by atoms with Crippen molar-refractivity contribution in [3.8, 4) is 0 Å². The van der Waals surface area contributed by atoms with Crippen LogP contribution in [0.15, 0.2) is 77.7 Å². The summed E-state index contributed by atoms with van der Waals surface area (Å²) in [5, 5.41) is 10.9. The number of sulfonamides is 1. The van der Waals surface area contributed by atoms with E-state index < -0.39 is 26.8 Å². The van der Waals surface area contributed by atoms with E-state index in [1.807, 2.05) is 31.2 Å². The molecular formula is C21H19FN2O4S. The first-order valence-electron chi connectivity index (χ1n) is 8.82. The SMILES string of the molecule is Cc1ccccc1C(C)N(c1ccc(F)cc1)S(=O)(=O)c1ccc([N+](=O)[O-])cc1. The van der Waals surface area contributed by atoms with E-state index in [0.717, 1.165) is 23.3 Å². The van der Waals surface area contributed by atoms with Crippen molar-refractivity contribution < 1.29 is 17.7 Å². The lowest BCUT2D eigenvalue weighted by atomic mass is 10.0. The molecule has 0 bridgehead atoms.